The van der Waals surface area contributed by atoms with Crippen LogP contribution >= 0.6 is 0 Å². The molecule has 6 nitrogen and oxygen atoms in total. The molecule has 0 aromatic heterocycles. The Labute approximate surface area is 147 Å². The molecule has 1 spiro atoms. The summed E-state index contributed by atoms with van der Waals surface area (Å²) in [5.74, 6) is -0.839. The zero-order chi connectivity index (χ0) is 17.7. The predicted molar refractivity (Wildman–Crippen MR) is 89.8 cm³/mol. The van der Waals surface area contributed by atoms with Gasteiger partial charge in [0.15, 0.2) is 5.78 Å². The predicted octanol–water partition coefficient (Wildman–Crippen LogP) is 1.25. The average Bonchev–Trinajstić information content (AvgIpc) is 3.39. The van der Waals surface area contributed by atoms with Crippen molar-refractivity contribution in [1.29, 1.82) is 0 Å². The number of epoxide rings is 1. The molecule has 2 aliphatic carbocycles. The fourth-order valence-corrected chi connectivity index (χ4v) is 4.63. The summed E-state index contributed by atoms with van der Waals surface area (Å²) in [6.45, 7) is 0. The van der Waals surface area contributed by atoms with E-state index in [4.69, 9.17) is 14.2 Å². The zero-order valence-corrected chi connectivity index (χ0v) is 13.5. The van der Waals surface area contributed by atoms with E-state index in [0.29, 0.717) is 11.5 Å². The number of carbonyl (C=O) groups excluding carboxylic acids is 1. The van der Waals surface area contributed by atoms with Gasteiger partial charge in [-0.25, -0.2) is 0 Å². The molecule has 4 aliphatic rings. The smallest absolute Gasteiger partial charge is 0.307 e. The number of benzene rings is 2. The van der Waals surface area contributed by atoms with Crippen LogP contribution in [0.2, 0.25) is 0 Å². The Morgan fingerprint density at radius 2 is 1.58 bits per heavy atom. The number of ketones is 1. The van der Waals surface area contributed by atoms with Gasteiger partial charge in [0.25, 0.3) is 0 Å². The lowest BCUT2D eigenvalue weighted by molar-refractivity contribution is -0.161. The number of carbonyl (C=O) groups is 1. The van der Waals surface area contributed by atoms with Crippen LogP contribution in [-0.4, -0.2) is 45.2 Å². The first kappa shape index (κ1) is 14.5. The van der Waals surface area contributed by atoms with Crippen LogP contribution in [0.1, 0.15) is 0 Å². The van der Waals surface area contributed by atoms with Gasteiger partial charge in [-0.3, -0.25) is 4.79 Å². The summed E-state index contributed by atoms with van der Waals surface area (Å²) < 4.78 is 18.3. The van der Waals surface area contributed by atoms with Crippen LogP contribution < -0.4 is 9.47 Å². The van der Waals surface area contributed by atoms with Crippen molar-refractivity contribution in [3.05, 3.63) is 60.7 Å². The SMILES string of the molecule is O=C1C=CC2(Oc3cccc4cccc(c34)O2)[C@]23O[C@]12[C@@H](O)C=C[C@H]3O. The second kappa shape index (κ2) is 4.17. The van der Waals surface area contributed by atoms with Gasteiger partial charge in [0.05, 0.1) is 5.39 Å². The molecule has 2 aliphatic heterocycles. The first-order valence-electron chi connectivity index (χ1n) is 8.42. The fraction of sp³-hybridized carbons (Fsp3) is 0.250. The fourth-order valence-electron chi connectivity index (χ4n) is 4.63. The Hall–Kier alpha value is -2.67. The van der Waals surface area contributed by atoms with Crippen LogP contribution in [0.15, 0.2) is 60.7 Å². The molecule has 26 heavy (non-hydrogen) atoms. The summed E-state index contributed by atoms with van der Waals surface area (Å²) in [5, 5.41) is 23.0. The molecule has 0 radical (unpaired) electrons. The molecule has 2 aromatic rings. The summed E-state index contributed by atoms with van der Waals surface area (Å²) in [6.07, 6.45) is 3.19. The Balaban J connectivity index is 1.61. The van der Waals surface area contributed by atoms with Gasteiger partial charge in [-0.1, -0.05) is 36.4 Å². The van der Waals surface area contributed by atoms with E-state index < -0.39 is 35.0 Å². The molecule has 6 heteroatoms. The van der Waals surface area contributed by atoms with Crippen molar-refractivity contribution in [3.63, 3.8) is 0 Å². The van der Waals surface area contributed by atoms with E-state index in [1.165, 1.54) is 24.3 Å². The maximum absolute atomic E-state index is 12.6. The molecule has 130 valence electrons. The maximum Gasteiger partial charge on any atom is 0.307 e. The van der Waals surface area contributed by atoms with Crippen molar-refractivity contribution in [2.24, 2.45) is 0 Å². The van der Waals surface area contributed by atoms with E-state index in [0.717, 1.165) is 10.8 Å². The van der Waals surface area contributed by atoms with Gasteiger partial charge in [-0.05, 0) is 23.6 Å². The normalized spacial score (nSPS) is 37.7. The van der Waals surface area contributed by atoms with Crippen LogP contribution in [0, 0.1) is 0 Å². The van der Waals surface area contributed by atoms with E-state index in [2.05, 4.69) is 0 Å². The summed E-state index contributed by atoms with van der Waals surface area (Å²) in [6, 6.07) is 11.2. The molecule has 1 saturated heterocycles. The highest BCUT2D eigenvalue weighted by atomic mass is 16.8. The van der Waals surface area contributed by atoms with E-state index in [1.54, 1.807) is 0 Å². The minimum Gasteiger partial charge on any atom is -0.445 e. The molecule has 0 saturated carbocycles. The first-order chi connectivity index (χ1) is 12.5. The minimum atomic E-state index is -1.60. The molecule has 2 N–H and O–H groups in total. The quantitative estimate of drug-likeness (QED) is 0.549. The molecule has 0 amide bonds. The third kappa shape index (κ3) is 1.30. The third-order valence-corrected chi connectivity index (χ3v) is 5.83. The lowest BCUT2D eigenvalue weighted by Crippen LogP contribution is -2.68. The molecular formula is C20H14O6. The van der Waals surface area contributed by atoms with Crippen molar-refractivity contribution in [1.82, 2.24) is 0 Å². The minimum absolute atomic E-state index is 0.414. The molecule has 6 rings (SSSR count). The topological polar surface area (TPSA) is 88.5 Å². The lowest BCUT2D eigenvalue weighted by atomic mass is 9.69. The Morgan fingerprint density at radius 1 is 0.923 bits per heavy atom. The summed E-state index contributed by atoms with van der Waals surface area (Å²) in [4.78, 5) is 12.6. The van der Waals surface area contributed by atoms with Crippen LogP contribution in [0.3, 0.4) is 0 Å². The number of aliphatic hydroxyl groups is 2. The van der Waals surface area contributed by atoms with E-state index in [9.17, 15) is 15.0 Å². The zero-order valence-electron chi connectivity index (χ0n) is 13.5. The highest BCUT2D eigenvalue weighted by molar-refractivity contribution is 6.04. The summed E-state index contributed by atoms with van der Waals surface area (Å²) in [7, 11) is 0. The Morgan fingerprint density at radius 3 is 2.27 bits per heavy atom. The lowest BCUT2D eigenvalue weighted by Gasteiger charge is -2.45. The second-order valence-electron chi connectivity index (χ2n) is 7.03. The molecule has 1 fully saturated rings. The van der Waals surface area contributed by atoms with Gasteiger partial charge in [-0.15, -0.1) is 0 Å². The van der Waals surface area contributed by atoms with E-state index in [1.807, 2.05) is 36.4 Å². The van der Waals surface area contributed by atoms with E-state index >= 15 is 0 Å². The van der Waals surface area contributed by atoms with Crippen LogP contribution in [-0.2, 0) is 9.53 Å². The number of ether oxygens (including phenoxy) is 3. The van der Waals surface area contributed by atoms with Gasteiger partial charge in [-0.2, -0.15) is 0 Å². The third-order valence-electron chi connectivity index (χ3n) is 5.83. The van der Waals surface area contributed by atoms with Crippen molar-refractivity contribution >= 4 is 16.6 Å². The first-order valence-corrected chi connectivity index (χ1v) is 8.42. The van der Waals surface area contributed by atoms with Crippen LogP contribution in [0.4, 0.5) is 0 Å². The van der Waals surface area contributed by atoms with Gasteiger partial charge < -0.3 is 24.4 Å². The van der Waals surface area contributed by atoms with Crippen LogP contribution in [0.25, 0.3) is 10.8 Å². The van der Waals surface area contributed by atoms with Crippen LogP contribution in [0.5, 0.6) is 11.5 Å². The second-order valence-corrected chi connectivity index (χ2v) is 7.03. The molecular weight excluding hydrogens is 336 g/mol. The highest BCUT2D eigenvalue weighted by Gasteiger charge is 2.91. The summed E-state index contributed by atoms with van der Waals surface area (Å²) in [5.41, 5.74) is -3.15. The standard InChI is InChI=1S/C20H14O6/c21-14-7-8-16(23)20-18(10-9-15(22)19(14,20)26-20)24-12-5-1-3-11-4-2-6-13(25-18)17(11)12/h1-10,14,16,21,23H/t14-,16+,19+,20-/m0/s1. The van der Waals surface area contributed by atoms with E-state index in [-0.39, 0.29) is 0 Å². The monoisotopic (exact) mass is 350 g/mol. The van der Waals surface area contributed by atoms with Crippen molar-refractivity contribution in [3.8, 4) is 11.5 Å². The van der Waals surface area contributed by atoms with Crippen molar-refractivity contribution in [2.45, 2.75) is 29.2 Å². The largest absolute Gasteiger partial charge is 0.445 e. The molecule has 0 bridgehead atoms. The number of aliphatic hydroxyl groups excluding tert-OH is 2. The van der Waals surface area contributed by atoms with Crippen molar-refractivity contribution < 1.29 is 29.2 Å². The van der Waals surface area contributed by atoms with Crippen molar-refractivity contribution in [2.75, 3.05) is 0 Å². The molecule has 4 atom stereocenters. The average molecular weight is 350 g/mol. The van der Waals surface area contributed by atoms with Gasteiger partial charge in [0.1, 0.15) is 23.7 Å². The number of hydrogen-bond donors (Lipinski definition) is 2. The van der Waals surface area contributed by atoms with Gasteiger partial charge >= 0.3 is 5.79 Å². The summed E-state index contributed by atoms with van der Waals surface area (Å²) >= 11 is 0. The number of rotatable bonds is 0. The number of hydrogen-bond acceptors (Lipinski definition) is 6. The molecule has 2 heterocycles. The maximum atomic E-state index is 12.6. The highest BCUT2D eigenvalue weighted by Crippen LogP contribution is 2.66. The molecule has 2 aromatic carbocycles. The Bertz CT molecular complexity index is 1010. The Kier molecular flexibility index (Phi) is 2.33. The van der Waals surface area contributed by atoms with Gasteiger partial charge in [0.2, 0.25) is 11.2 Å². The molecule has 0 unspecified atom stereocenters. The van der Waals surface area contributed by atoms with Gasteiger partial charge in [0, 0.05) is 6.08 Å².